The number of aryl methyl sites for hydroxylation is 1. The highest BCUT2D eigenvalue weighted by Gasteiger charge is 2.43. The van der Waals surface area contributed by atoms with Gasteiger partial charge in [0.2, 0.25) is 0 Å². The molecule has 1 aromatic carbocycles. The Morgan fingerprint density at radius 2 is 1.97 bits per heavy atom. The van der Waals surface area contributed by atoms with Crippen molar-refractivity contribution in [3.63, 3.8) is 0 Å². The molecule has 4 aliphatic rings. The monoisotopic (exact) mass is 471 g/mol. The van der Waals surface area contributed by atoms with E-state index in [4.69, 9.17) is 0 Å². The van der Waals surface area contributed by atoms with Gasteiger partial charge in [0.15, 0.2) is 0 Å². The molecule has 0 aromatic heterocycles. The molecule has 0 spiro atoms. The van der Waals surface area contributed by atoms with Crippen molar-refractivity contribution in [1.29, 1.82) is 0 Å². The molecule has 1 N–H and O–H groups in total. The van der Waals surface area contributed by atoms with Crippen LogP contribution in [0.2, 0.25) is 0 Å². The summed E-state index contributed by atoms with van der Waals surface area (Å²) in [5, 5.41) is 3.43. The number of halogens is 1. The van der Waals surface area contributed by atoms with Gasteiger partial charge in [-0.1, -0.05) is 56.0 Å². The minimum Gasteiger partial charge on any atom is -0.381 e. The number of benzene rings is 1. The maximum atomic E-state index is 14.6. The van der Waals surface area contributed by atoms with Crippen LogP contribution < -0.4 is 5.32 Å². The van der Waals surface area contributed by atoms with Gasteiger partial charge >= 0.3 is 0 Å². The average Bonchev–Trinajstić information content (AvgIpc) is 3.56. The van der Waals surface area contributed by atoms with Crippen LogP contribution in [0.4, 0.5) is 4.39 Å². The predicted molar refractivity (Wildman–Crippen MR) is 143 cm³/mol. The van der Waals surface area contributed by atoms with Gasteiger partial charge in [0, 0.05) is 52.4 Å². The van der Waals surface area contributed by atoms with Crippen LogP contribution in [-0.2, 0) is 6.54 Å². The number of likely N-dealkylation sites (tertiary alicyclic amines) is 1. The fraction of sp³-hybridized carbons (Fsp3) is 0.419. The molecule has 2 atom stereocenters. The lowest BCUT2D eigenvalue weighted by Crippen LogP contribution is -2.49. The minimum absolute atomic E-state index is 0.152. The van der Waals surface area contributed by atoms with Gasteiger partial charge < -0.3 is 15.1 Å². The van der Waals surface area contributed by atoms with Crippen LogP contribution in [0, 0.1) is 12.7 Å². The third-order valence-electron chi connectivity index (χ3n) is 8.17. The molecular formula is C31H38FN3. The van der Waals surface area contributed by atoms with E-state index >= 15 is 0 Å². The van der Waals surface area contributed by atoms with E-state index in [9.17, 15) is 4.39 Å². The number of nitrogens with one attached hydrogen (secondary N) is 1. The Balaban J connectivity index is 1.51. The molecule has 3 heterocycles. The SMILES string of the molecule is C=CC1=C(C=C2CC2)N2C(=C(C(=C)NCc3cccc(C)c3F)C1=C)CCC2C1CCCCN1C. The topological polar surface area (TPSA) is 18.5 Å². The highest BCUT2D eigenvalue weighted by Crippen LogP contribution is 2.48. The maximum absolute atomic E-state index is 14.6. The smallest absolute Gasteiger partial charge is 0.131 e. The van der Waals surface area contributed by atoms with Crippen molar-refractivity contribution in [2.75, 3.05) is 13.6 Å². The third-order valence-corrected chi connectivity index (χ3v) is 8.17. The molecule has 1 aliphatic carbocycles. The molecule has 2 unspecified atom stereocenters. The number of likely N-dealkylation sites (N-methyl/N-ethyl adjacent to an activating group) is 1. The molecule has 2 saturated heterocycles. The summed E-state index contributed by atoms with van der Waals surface area (Å²) in [6.45, 7) is 16.5. The van der Waals surface area contributed by atoms with Crippen molar-refractivity contribution in [3.05, 3.63) is 106 Å². The second kappa shape index (κ2) is 9.66. The predicted octanol–water partition coefficient (Wildman–Crippen LogP) is 6.67. The lowest BCUT2D eigenvalue weighted by atomic mass is 9.88. The standard InChI is InChI=1S/C31H38FN3/c1-6-25-21(3)30(22(4)33-19-24-11-9-10-20(2)31(24)32)28-16-15-27(26-12-7-8-17-34(26)5)35(28)29(25)18-23-13-14-23/h6,9-11,18,26-27,33H,1,3-4,7-8,12-17,19H2,2,5H3. The third kappa shape index (κ3) is 4.45. The normalized spacial score (nSPS) is 24.6. The Kier molecular flexibility index (Phi) is 6.59. The summed E-state index contributed by atoms with van der Waals surface area (Å²) < 4.78 is 14.6. The van der Waals surface area contributed by atoms with Crippen LogP contribution >= 0.6 is 0 Å². The Hall–Kier alpha value is -2.85. The van der Waals surface area contributed by atoms with Crippen LogP contribution in [0.5, 0.6) is 0 Å². The molecule has 3 nitrogen and oxygen atoms in total. The van der Waals surface area contributed by atoms with Crippen molar-refractivity contribution in [2.24, 2.45) is 0 Å². The molecule has 0 radical (unpaired) electrons. The summed E-state index contributed by atoms with van der Waals surface area (Å²) >= 11 is 0. The van der Waals surface area contributed by atoms with Crippen molar-refractivity contribution in [3.8, 4) is 0 Å². The van der Waals surface area contributed by atoms with Gasteiger partial charge in [0.05, 0.1) is 0 Å². The van der Waals surface area contributed by atoms with Crippen molar-refractivity contribution < 1.29 is 4.39 Å². The van der Waals surface area contributed by atoms with E-state index in [1.165, 1.54) is 55.6 Å². The van der Waals surface area contributed by atoms with Gasteiger partial charge in [0.1, 0.15) is 5.82 Å². The van der Waals surface area contributed by atoms with Crippen LogP contribution in [0.25, 0.3) is 0 Å². The summed E-state index contributed by atoms with van der Waals surface area (Å²) in [6.07, 6.45) is 12.7. The molecule has 3 aliphatic heterocycles. The minimum atomic E-state index is -0.152. The number of hydrogen-bond acceptors (Lipinski definition) is 3. The number of fused-ring (bicyclic) bond motifs is 1. The fourth-order valence-electron chi connectivity index (χ4n) is 6.12. The van der Waals surface area contributed by atoms with E-state index in [1.807, 2.05) is 18.2 Å². The zero-order valence-corrected chi connectivity index (χ0v) is 21.3. The summed E-state index contributed by atoms with van der Waals surface area (Å²) in [5.74, 6) is -0.152. The van der Waals surface area contributed by atoms with Gasteiger partial charge in [-0.25, -0.2) is 4.39 Å². The van der Waals surface area contributed by atoms with E-state index in [-0.39, 0.29) is 5.82 Å². The lowest BCUT2D eigenvalue weighted by Gasteiger charge is -2.44. The fourth-order valence-corrected chi connectivity index (χ4v) is 6.12. The molecule has 4 heteroatoms. The van der Waals surface area contributed by atoms with Crippen LogP contribution in [0.15, 0.2) is 89.5 Å². The first kappa shape index (κ1) is 23.9. The van der Waals surface area contributed by atoms with Crippen LogP contribution in [0.1, 0.15) is 56.1 Å². The number of nitrogens with zero attached hydrogens (tertiary/aromatic N) is 2. The number of hydrogen-bond donors (Lipinski definition) is 1. The van der Waals surface area contributed by atoms with Crippen molar-refractivity contribution in [2.45, 2.75) is 70.5 Å². The molecule has 5 rings (SSSR count). The summed E-state index contributed by atoms with van der Waals surface area (Å²) in [5.41, 5.74) is 9.34. The van der Waals surface area contributed by atoms with Gasteiger partial charge in [-0.15, -0.1) is 0 Å². The van der Waals surface area contributed by atoms with Crippen LogP contribution in [-0.4, -0.2) is 35.5 Å². The molecule has 0 amide bonds. The molecule has 0 bridgehead atoms. The summed E-state index contributed by atoms with van der Waals surface area (Å²) in [6, 6.07) is 6.51. The van der Waals surface area contributed by atoms with E-state index in [2.05, 4.69) is 48.0 Å². The molecule has 1 aromatic rings. The molecule has 3 fully saturated rings. The van der Waals surface area contributed by atoms with Gasteiger partial charge in [0.25, 0.3) is 0 Å². The number of piperidine rings is 1. The molecule has 184 valence electrons. The highest BCUT2D eigenvalue weighted by molar-refractivity contribution is 5.65. The second-order valence-corrected chi connectivity index (χ2v) is 10.5. The Bertz CT molecular complexity index is 1160. The van der Waals surface area contributed by atoms with E-state index < -0.39 is 0 Å². The quantitative estimate of drug-likeness (QED) is 0.479. The van der Waals surface area contributed by atoms with Gasteiger partial charge in [-0.05, 0) is 76.3 Å². The summed E-state index contributed by atoms with van der Waals surface area (Å²) in [7, 11) is 2.28. The zero-order valence-electron chi connectivity index (χ0n) is 21.3. The zero-order chi connectivity index (χ0) is 24.7. The van der Waals surface area contributed by atoms with Gasteiger partial charge in [-0.2, -0.15) is 0 Å². The van der Waals surface area contributed by atoms with Crippen molar-refractivity contribution in [1.82, 2.24) is 15.1 Å². The first-order valence-corrected chi connectivity index (χ1v) is 13.1. The van der Waals surface area contributed by atoms with E-state index in [0.717, 1.165) is 35.3 Å². The molecule has 35 heavy (non-hydrogen) atoms. The van der Waals surface area contributed by atoms with E-state index in [1.54, 1.807) is 13.0 Å². The van der Waals surface area contributed by atoms with E-state index in [0.29, 0.717) is 29.8 Å². The first-order valence-electron chi connectivity index (χ1n) is 13.1. The highest BCUT2D eigenvalue weighted by atomic mass is 19.1. The average molecular weight is 472 g/mol. The Morgan fingerprint density at radius 3 is 2.69 bits per heavy atom. The molecular weight excluding hydrogens is 433 g/mol. The first-order chi connectivity index (χ1) is 16.9. The second-order valence-electron chi connectivity index (χ2n) is 10.5. The largest absolute Gasteiger partial charge is 0.381 e. The molecule has 1 saturated carbocycles. The number of rotatable bonds is 7. The Morgan fingerprint density at radius 1 is 1.17 bits per heavy atom. The van der Waals surface area contributed by atoms with Crippen molar-refractivity contribution >= 4 is 0 Å². The lowest BCUT2D eigenvalue weighted by molar-refractivity contribution is 0.116. The maximum Gasteiger partial charge on any atom is 0.131 e. The van der Waals surface area contributed by atoms with Crippen LogP contribution in [0.3, 0.4) is 0 Å². The summed E-state index contributed by atoms with van der Waals surface area (Å²) in [4.78, 5) is 5.15. The Labute approximate surface area is 210 Å². The number of allylic oxidation sites excluding steroid dienone is 6. The van der Waals surface area contributed by atoms with Gasteiger partial charge in [-0.3, -0.25) is 0 Å².